The lowest BCUT2D eigenvalue weighted by atomic mass is 10.4. The van der Waals surface area contributed by atoms with Crippen LogP contribution in [0.1, 0.15) is 16.6 Å². The normalized spacial score (nSPS) is 10.3. The summed E-state index contributed by atoms with van der Waals surface area (Å²) in [4.78, 5) is 14.3. The van der Waals surface area contributed by atoms with Gasteiger partial charge in [-0.1, -0.05) is 0 Å². The van der Waals surface area contributed by atoms with Gasteiger partial charge in [0, 0.05) is 24.7 Å². The van der Waals surface area contributed by atoms with Gasteiger partial charge in [-0.3, -0.25) is 4.79 Å². The third-order valence-corrected chi connectivity index (χ3v) is 3.76. The summed E-state index contributed by atoms with van der Waals surface area (Å²) < 4.78 is 6.06. The van der Waals surface area contributed by atoms with E-state index < -0.39 is 0 Å². The molecule has 0 fully saturated rings. The monoisotopic (exact) mass is 291 g/mol. The number of halogens is 1. The summed E-state index contributed by atoms with van der Waals surface area (Å²) in [6.07, 6.45) is 0. The second-order valence-corrected chi connectivity index (χ2v) is 4.79. The summed E-state index contributed by atoms with van der Waals surface area (Å²) in [5.41, 5.74) is 0. The number of hydrogen-bond acceptors (Lipinski definition) is 3. The van der Waals surface area contributed by atoms with Crippen molar-refractivity contribution in [3.63, 3.8) is 0 Å². The topological polar surface area (TPSA) is 29.5 Å². The number of thiophene rings is 1. The van der Waals surface area contributed by atoms with Crippen LogP contribution in [-0.4, -0.2) is 37.6 Å². The molecule has 84 valence electrons. The van der Waals surface area contributed by atoms with Crippen molar-refractivity contribution in [2.45, 2.75) is 6.92 Å². The fraction of sp³-hybridized carbons (Fsp3) is 0.500. The van der Waals surface area contributed by atoms with Crippen LogP contribution in [0.15, 0.2) is 15.9 Å². The average molecular weight is 292 g/mol. The van der Waals surface area contributed by atoms with Crippen LogP contribution in [0.25, 0.3) is 0 Å². The van der Waals surface area contributed by atoms with Crippen LogP contribution in [0.2, 0.25) is 0 Å². The minimum Gasteiger partial charge on any atom is -0.380 e. The number of hydrogen-bond donors (Lipinski definition) is 0. The molecule has 0 saturated heterocycles. The Hall–Kier alpha value is -0.390. The molecule has 1 rings (SSSR count). The van der Waals surface area contributed by atoms with E-state index in [4.69, 9.17) is 4.74 Å². The molecule has 0 atom stereocenters. The van der Waals surface area contributed by atoms with Gasteiger partial charge >= 0.3 is 0 Å². The zero-order chi connectivity index (χ0) is 11.3. The standard InChI is InChI=1S/C10H14BrNO2S/c1-3-14-6-5-12(2)10(13)9-8(11)4-7-15-9/h4,7H,3,5-6H2,1-2H3. The molecule has 0 aliphatic rings. The summed E-state index contributed by atoms with van der Waals surface area (Å²) in [5.74, 6) is 0.0385. The van der Waals surface area contributed by atoms with Gasteiger partial charge in [-0.2, -0.15) is 0 Å². The largest absolute Gasteiger partial charge is 0.380 e. The van der Waals surface area contributed by atoms with Crippen molar-refractivity contribution in [1.82, 2.24) is 4.90 Å². The van der Waals surface area contributed by atoms with E-state index in [1.165, 1.54) is 11.3 Å². The van der Waals surface area contributed by atoms with Gasteiger partial charge in [-0.25, -0.2) is 0 Å². The molecule has 0 aliphatic heterocycles. The van der Waals surface area contributed by atoms with E-state index in [1.54, 1.807) is 11.9 Å². The fourth-order valence-electron chi connectivity index (χ4n) is 1.07. The number of carbonyl (C=O) groups excluding carboxylic acids is 1. The van der Waals surface area contributed by atoms with Crippen LogP contribution < -0.4 is 0 Å². The Morgan fingerprint density at radius 2 is 2.40 bits per heavy atom. The summed E-state index contributed by atoms with van der Waals surface area (Å²) in [5, 5.41) is 1.90. The molecule has 15 heavy (non-hydrogen) atoms. The van der Waals surface area contributed by atoms with E-state index >= 15 is 0 Å². The quantitative estimate of drug-likeness (QED) is 0.781. The third-order valence-electron chi connectivity index (χ3n) is 1.93. The molecule has 0 radical (unpaired) electrons. The first kappa shape index (κ1) is 12.7. The molecule has 0 bridgehead atoms. The SMILES string of the molecule is CCOCCN(C)C(=O)c1sccc1Br. The minimum absolute atomic E-state index is 0.0385. The molecular weight excluding hydrogens is 278 g/mol. The maximum atomic E-state index is 11.9. The lowest BCUT2D eigenvalue weighted by Crippen LogP contribution is -2.29. The first-order valence-corrected chi connectivity index (χ1v) is 6.40. The van der Waals surface area contributed by atoms with Crippen LogP contribution in [-0.2, 0) is 4.74 Å². The minimum atomic E-state index is 0.0385. The Bertz CT molecular complexity index is 327. The van der Waals surface area contributed by atoms with E-state index in [9.17, 15) is 4.79 Å². The molecule has 1 heterocycles. The second-order valence-electron chi connectivity index (χ2n) is 3.02. The van der Waals surface area contributed by atoms with Gasteiger partial charge in [0.05, 0.1) is 6.61 Å². The molecule has 0 N–H and O–H groups in total. The van der Waals surface area contributed by atoms with Gasteiger partial charge in [0.25, 0.3) is 5.91 Å². The van der Waals surface area contributed by atoms with E-state index in [0.717, 1.165) is 9.35 Å². The lowest BCUT2D eigenvalue weighted by Gasteiger charge is -2.16. The van der Waals surface area contributed by atoms with Crippen LogP contribution in [0, 0.1) is 0 Å². The molecular formula is C10H14BrNO2S. The van der Waals surface area contributed by atoms with Crippen LogP contribution in [0.3, 0.4) is 0 Å². The fourth-order valence-corrected chi connectivity index (χ4v) is 2.60. The van der Waals surface area contributed by atoms with Gasteiger partial charge in [0.2, 0.25) is 0 Å². The van der Waals surface area contributed by atoms with Gasteiger partial charge in [0.1, 0.15) is 4.88 Å². The summed E-state index contributed by atoms with van der Waals surface area (Å²) in [7, 11) is 1.79. The van der Waals surface area contributed by atoms with Gasteiger partial charge in [-0.15, -0.1) is 11.3 Å². The Morgan fingerprint density at radius 1 is 1.67 bits per heavy atom. The number of nitrogens with zero attached hydrogens (tertiary/aromatic N) is 1. The Kier molecular flexibility index (Phi) is 5.28. The summed E-state index contributed by atoms with van der Waals surface area (Å²) >= 11 is 4.79. The molecule has 0 saturated carbocycles. The number of rotatable bonds is 5. The predicted octanol–water partition coefficient (Wildman–Crippen LogP) is 2.62. The lowest BCUT2D eigenvalue weighted by molar-refractivity contribution is 0.0713. The van der Waals surface area contributed by atoms with E-state index in [2.05, 4.69) is 15.9 Å². The van der Waals surface area contributed by atoms with Crippen molar-refractivity contribution >= 4 is 33.2 Å². The average Bonchev–Trinajstić information content (AvgIpc) is 2.63. The Morgan fingerprint density at radius 3 is 2.93 bits per heavy atom. The summed E-state index contributed by atoms with van der Waals surface area (Å²) in [6, 6.07) is 1.88. The third kappa shape index (κ3) is 3.59. The van der Waals surface area contributed by atoms with Crippen molar-refractivity contribution < 1.29 is 9.53 Å². The highest BCUT2D eigenvalue weighted by molar-refractivity contribution is 9.10. The van der Waals surface area contributed by atoms with Gasteiger partial charge in [-0.05, 0) is 34.3 Å². The smallest absolute Gasteiger partial charge is 0.264 e. The molecule has 3 nitrogen and oxygen atoms in total. The first-order chi connectivity index (χ1) is 7.16. The van der Waals surface area contributed by atoms with Gasteiger partial charge < -0.3 is 9.64 Å². The van der Waals surface area contributed by atoms with Crippen LogP contribution >= 0.6 is 27.3 Å². The highest BCUT2D eigenvalue weighted by Crippen LogP contribution is 2.23. The van der Waals surface area contributed by atoms with Crippen LogP contribution in [0.5, 0.6) is 0 Å². The van der Waals surface area contributed by atoms with Crippen molar-refractivity contribution in [1.29, 1.82) is 0 Å². The highest BCUT2D eigenvalue weighted by atomic mass is 79.9. The molecule has 0 aromatic carbocycles. The van der Waals surface area contributed by atoms with E-state index in [0.29, 0.717) is 19.8 Å². The first-order valence-electron chi connectivity index (χ1n) is 4.73. The second kappa shape index (κ2) is 6.25. The zero-order valence-electron chi connectivity index (χ0n) is 8.83. The number of ether oxygens (including phenoxy) is 1. The molecule has 5 heteroatoms. The van der Waals surface area contributed by atoms with Crippen molar-refractivity contribution in [3.8, 4) is 0 Å². The molecule has 1 aromatic heterocycles. The Balaban J connectivity index is 2.50. The number of carbonyl (C=O) groups is 1. The van der Waals surface area contributed by atoms with Crippen molar-refractivity contribution in [3.05, 3.63) is 20.8 Å². The van der Waals surface area contributed by atoms with Crippen LogP contribution in [0.4, 0.5) is 0 Å². The maximum absolute atomic E-state index is 11.9. The number of likely N-dealkylation sites (N-methyl/N-ethyl adjacent to an activating group) is 1. The molecule has 0 unspecified atom stereocenters. The van der Waals surface area contributed by atoms with Crippen molar-refractivity contribution in [2.75, 3.05) is 26.8 Å². The Labute approximate surface area is 102 Å². The molecule has 0 aliphatic carbocycles. The maximum Gasteiger partial charge on any atom is 0.264 e. The zero-order valence-corrected chi connectivity index (χ0v) is 11.2. The summed E-state index contributed by atoms with van der Waals surface area (Å²) in [6.45, 7) is 3.83. The highest BCUT2D eigenvalue weighted by Gasteiger charge is 2.15. The molecule has 1 amide bonds. The van der Waals surface area contributed by atoms with Gasteiger partial charge in [0.15, 0.2) is 0 Å². The molecule has 1 aromatic rings. The number of amides is 1. The molecule has 0 spiro atoms. The van der Waals surface area contributed by atoms with E-state index in [-0.39, 0.29) is 5.91 Å². The van der Waals surface area contributed by atoms with Crippen molar-refractivity contribution in [2.24, 2.45) is 0 Å². The predicted molar refractivity (Wildman–Crippen MR) is 65.5 cm³/mol. The van der Waals surface area contributed by atoms with E-state index in [1.807, 2.05) is 18.4 Å².